The molecular formula is C22H23ClN2O3. The van der Waals surface area contributed by atoms with E-state index in [4.69, 9.17) is 20.8 Å². The molecule has 6 heteroatoms. The fourth-order valence-electron chi connectivity index (χ4n) is 2.95. The number of rotatable bonds is 8. The van der Waals surface area contributed by atoms with Crippen LogP contribution in [0.15, 0.2) is 65.3 Å². The van der Waals surface area contributed by atoms with Gasteiger partial charge in [-0.1, -0.05) is 41.9 Å². The Morgan fingerprint density at radius 2 is 1.93 bits per heavy atom. The average molecular weight is 399 g/mol. The molecule has 0 aliphatic heterocycles. The predicted octanol–water partition coefficient (Wildman–Crippen LogP) is 4.89. The molecule has 0 radical (unpaired) electrons. The second-order valence-corrected chi connectivity index (χ2v) is 6.97. The van der Waals surface area contributed by atoms with Gasteiger partial charge >= 0.3 is 0 Å². The average Bonchev–Trinajstić information content (AvgIpc) is 3.18. The van der Waals surface area contributed by atoms with E-state index in [1.54, 1.807) is 19.4 Å². The number of methoxy groups -OCH3 is 1. The fraction of sp³-hybridized carbons (Fsp3) is 0.227. The van der Waals surface area contributed by atoms with Crippen LogP contribution < -0.4 is 10.1 Å². The fourth-order valence-corrected chi connectivity index (χ4v) is 3.11. The van der Waals surface area contributed by atoms with Gasteiger partial charge in [-0.25, -0.2) is 0 Å². The number of aryl methyl sites for hydroxylation is 1. The molecule has 2 aromatic carbocycles. The van der Waals surface area contributed by atoms with Crippen LogP contribution in [0, 0.1) is 6.92 Å². The Bertz CT molecular complexity index is 911. The lowest BCUT2D eigenvalue weighted by molar-refractivity contribution is -0.117. The van der Waals surface area contributed by atoms with E-state index in [9.17, 15) is 4.79 Å². The Labute approximate surface area is 169 Å². The Morgan fingerprint density at radius 1 is 1.14 bits per heavy atom. The summed E-state index contributed by atoms with van der Waals surface area (Å²) in [6.45, 7) is 3.26. The summed E-state index contributed by atoms with van der Waals surface area (Å²) in [5, 5.41) is 3.53. The second-order valence-electron chi connectivity index (χ2n) is 6.56. The molecule has 146 valence electrons. The number of nitrogens with one attached hydrogen (secondary N) is 1. The number of furan rings is 1. The second kappa shape index (κ2) is 9.44. The van der Waals surface area contributed by atoms with Crippen molar-refractivity contribution >= 4 is 23.2 Å². The van der Waals surface area contributed by atoms with Gasteiger partial charge in [0.05, 0.1) is 32.1 Å². The molecule has 0 aliphatic carbocycles. The highest BCUT2D eigenvalue weighted by Gasteiger charge is 2.16. The van der Waals surface area contributed by atoms with Gasteiger partial charge in [-0.3, -0.25) is 9.69 Å². The van der Waals surface area contributed by atoms with E-state index in [1.165, 1.54) is 0 Å². The van der Waals surface area contributed by atoms with E-state index in [0.717, 1.165) is 16.9 Å². The Balaban J connectivity index is 1.72. The number of benzene rings is 2. The monoisotopic (exact) mass is 398 g/mol. The van der Waals surface area contributed by atoms with Gasteiger partial charge in [0.15, 0.2) is 0 Å². The zero-order valence-corrected chi connectivity index (χ0v) is 16.7. The van der Waals surface area contributed by atoms with Gasteiger partial charge < -0.3 is 14.5 Å². The van der Waals surface area contributed by atoms with Crippen LogP contribution in [0.25, 0.3) is 0 Å². The summed E-state index contributed by atoms with van der Waals surface area (Å²) >= 11 is 6.14. The third kappa shape index (κ3) is 5.38. The van der Waals surface area contributed by atoms with Gasteiger partial charge in [0.25, 0.3) is 0 Å². The molecule has 1 aromatic heterocycles. The van der Waals surface area contributed by atoms with E-state index in [2.05, 4.69) is 5.32 Å². The normalized spacial score (nSPS) is 10.9. The highest BCUT2D eigenvalue weighted by atomic mass is 35.5. The van der Waals surface area contributed by atoms with E-state index in [1.807, 2.05) is 60.4 Å². The highest BCUT2D eigenvalue weighted by molar-refractivity contribution is 6.31. The molecular weight excluding hydrogens is 376 g/mol. The quantitative estimate of drug-likeness (QED) is 0.586. The van der Waals surface area contributed by atoms with Gasteiger partial charge in [0, 0.05) is 17.6 Å². The van der Waals surface area contributed by atoms with Crippen molar-refractivity contribution in [3.05, 3.63) is 82.8 Å². The molecule has 5 nitrogen and oxygen atoms in total. The number of nitrogens with zero attached hydrogens (tertiary/aromatic N) is 1. The number of ether oxygens (including phenoxy) is 1. The standard InChI is InChI=1S/C22H23ClN2O3/c1-16-11-20(21(27-2)12-19(16)23)24-22(26)15-25(14-18-9-6-10-28-18)13-17-7-4-3-5-8-17/h3-12H,13-15H2,1-2H3,(H,24,26). The molecule has 3 rings (SSSR count). The van der Waals surface area contributed by atoms with Crippen molar-refractivity contribution < 1.29 is 13.9 Å². The molecule has 0 spiro atoms. The van der Waals surface area contributed by atoms with Gasteiger partial charge in [0.2, 0.25) is 5.91 Å². The SMILES string of the molecule is COc1cc(Cl)c(C)cc1NC(=O)CN(Cc1ccccc1)Cc1ccco1. The lowest BCUT2D eigenvalue weighted by atomic mass is 10.2. The van der Waals surface area contributed by atoms with E-state index < -0.39 is 0 Å². The first-order valence-corrected chi connectivity index (χ1v) is 9.35. The molecule has 0 saturated carbocycles. The molecule has 1 heterocycles. The summed E-state index contributed by atoms with van der Waals surface area (Å²) < 4.78 is 10.8. The molecule has 0 atom stereocenters. The molecule has 0 bridgehead atoms. The first-order valence-electron chi connectivity index (χ1n) is 8.98. The van der Waals surface area contributed by atoms with Crippen molar-refractivity contribution in [1.29, 1.82) is 0 Å². The van der Waals surface area contributed by atoms with Crippen molar-refractivity contribution in [2.75, 3.05) is 19.0 Å². The Hall–Kier alpha value is -2.76. The van der Waals surface area contributed by atoms with Crippen LogP contribution in [-0.4, -0.2) is 24.5 Å². The molecule has 0 fully saturated rings. The number of hydrogen-bond acceptors (Lipinski definition) is 4. The smallest absolute Gasteiger partial charge is 0.238 e. The van der Waals surface area contributed by atoms with Crippen molar-refractivity contribution in [2.45, 2.75) is 20.0 Å². The van der Waals surface area contributed by atoms with Crippen LogP contribution >= 0.6 is 11.6 Å². The van der Waals surface area contributed by atoms with Gasteiger partial charge in [0.1, 0.15) is 11.5 Å². The van der Waals surface area contributed by atoms with E-state index >= 15 is 0 Å². The first kappa shape index (κ1) is 20.0. The molecule has 0 saturated heterocycles. The van der Waals surface area contributed by atoms with Crippen molar-refractivity contribution in [2.24, 2.45) is 0 Å². The van der Waals surface area contributed by atoms with Crippen molar-refractivity contribution in [3.63, 3.8) is 0 Å². The Morgan fingerprint density at radius 3 is 2.61 bits per heavy atom. The third-order valence-electron chi connectivity index (χ3n) is 4.33. The van der Waals surface area contributed by atoms with Crippen LogP contribution in [-0.2, 0) is 17.9 Å². The summed E-state index contributed by atoms with van der Waals surface area (Å²) in [5.74, 6) is 1.20. The lowest BCUT2D eigenvalue weighted by Gasteiger charge is -2.21. The number of amides is 1. The van der Waals surface area contributed by atoms with Crippen LogP contribution in [0.1, 0.15) is 16.9 Å². The largest absolute Gasteiger partial charge is 0.495 e. The summed E-state index contributed by atoms with van der Waals surface area (Å²) in [7, 11) is 1.55. The zero-order chi connectivity index (χ0) is 19.9. The van der Waals surface area contributed by atoms with Crippen LogP contribution in [0.2, 0.25) is 5.02 Å². The minimum atomic E-state index is -0.137. The lowest BCUT2D eigenvalue weighted by Crippen LogP contribution is -2.32. The minimum Gasteiger partial charge on any atom is -0.495 e. The molecule has 1 amide bonds. The summed E-state index contributed by atoms with van der Waals surface area (Å²) in [6, 6.07) is 17.3. The maximum atomic E-state index is 12.7. The third-order valence-corrected chi connectivity index (χ3v) is 4.74. The van der Waals surface area contributed by atoms with Crippen molar-refractivity contribution in [1.82, 2.24) is 4.90 Å². The Kier molecular flexibility index (Phi) is 6.74. The number of anilines is 1. The molecule has 0 unspecified atom stereocenters. The van der Waals surface area contributed by atoms with Crippen molar-refractivity contribution in [3.8, 4) is 5.75 Å². The van der Waals surface area contributed by atoms with E-state index in [0.29, 0.717) is 29.5 Å². The number of carbonyl (C=O) groups excluding carboxylic acids is 1. The van der Waals surface area contributed by atoms with Gasteiger partial charge in [-0.2, -0.15) is 0 Å². The molecule has 28 heavy (non-hydrogen) atoms. The topological polar surface area (TPSA) is 54.7 Å². The van der Waals surface area contributed by atoms with Gasteiger partial charge in [-0.05, 0) is 36.2 Å². The summed E-state index contributed by atoms with van der Waals surface area (Å²) in [5.41, 5.74) is 2.60. The highest BCUT2D eigenvalue weighted by Crippen LogP contribution is 2.31. The van der Waals surface area contributed by atoms with Gasteiger partial charge in [-0.15, -0.1) is 0 Å². The molecule has 0 aliphatic rings. The maximum absolute atomic E-state index is 12.7. The van der Waals surface area contributed by atoms with E-state index in [-0.39, 0.29) is 12.5 Å². The number of hydrogen-bond donors (Lipinski definition) is 1. The first-order chi connectivity index (χ1) is 13.5. The maximum Gasteiger partial charge on any atom is 0.238 e. The zero-order valence-electron chi connectivity index (χ0n) is 15.9. The van der Waals surface area contributed by atoms with Crippen LogP contribution in [0.4, 0.5) is 5.69 Å². The van der Waals surface area contributed by atoms with Crippen LogP contribution in [0.5, 0.6) is 5.75 Å². The molecule has 3 aromatic rings. The minimum absolute atomic E-state index is 0.137. The van der Waals surface area contributed by atoms with Crippen LogP contribution in [0.3, 0.4) is 0 Å². The number of halogens is 1. The summed E-state index contributed by atoms with van der Waals surface area (Å²) in [4.78, 5) is 14.8. The molecule has 1 N–H and O–H groups in total. The summed E-state index contributed by atoms with van der Waals surface area (Å²) in [6.07, 6.45) is 1.64. The number of carbonyl (C=O) groups is 1. The predicted molar refractivity (Wildman–Crippen MR) is 111 cm³/mol.